The molecule has 4 nitrogen and oxygen atoms in total. The van der Waals surface area contributed by atoms with Crippen molar-refractivity contribution in [1.82, 2.24) is 9.21 Å². The molecule has 6 heteroatoms. The summed E-state index contributed by atoms with van der Waals surface area (Å²) in [7, 11) is -1.28. The van der Waals surface area contributed by atoms with E-state index >= 15 is 0 Å². The van der Waals surface area contributed by atoms with Gasteiger partial charge in [0.05, 0.1) is 4.90 Å². The molecule has 1 saturated heterocycles. The number of benzene rings is 1. The van der Waals surface area contributed by atoms with Gasteiger partial charge in [0.1, 0.15) is 0 Å². The van der Waals surface area contributed by atoms with Gasteiger partial charge in [-0.1, -0.05) is 31.5 Å². The van der Waals surface area contributed by atoms with Crippen LogP contribution in [0.3, 0.4) is 0 Å². The minimum Gasteiger partial charge on any atom is -0.303 e. The molecule has 0 aliphatic carbocycles. The van der Waals surface area contributed by atoms with Gasteiger partial charge in [0.2, 0.25) is 10.0 Å². The first-order valence-electron chi connectivity index (χ1n) is 8.26. The fourth-order valence-corrected chi connectivity index (χ4v) is 4.72. The number of nitrogens with zero attached hydrogens (tertiary/aromatic N) is 2. The predicted molar refractivity (Wildman–Crippen MR) is 95.3 cm³/mol. The third-order valence-electron chi connectivity index (χ3n) is 4.54. The zero-order valence-corrected chi connectivity index (χ0v) is 15.8. The fraction of sp³-hybridized carbons (Fsp3) is 0.647. The average Bonchev–Trinajstić information content (AvgIpc) is 2.52. The Kier molecular flexibility index (Phi) is 6.48. The second-order valence-corrected chi connectivity index (χ2v) is 9.13. The lowest BCUT2D eigenvalue weighted by Crippen LogP contribution is -2.45. The summed E-state index contributed by atoms with van der Waals surface area (Å²) < 4.78 is 27.0. The maximum absolute atomic E-state index is 12.7. The molecule has 1 aromatic rings. The third-order valence-corrected chi connectivity index (χ3v) is 6.67. The van der Waals surface area contributed by atoms with Crippen LogP contribution < -0.4 is 0 Å². The summed E-state index contributed by atoms with van der Waals surface area (Å²) >= 11 is 5.93. The van der Waals surface area contributed by atoms with E-state index in [2.05, 4.69) is 25.8 Å². The van der Waals surface area contributed by atoms with E-state index in [4.69, 9.17) is 11.6 Å². The van der Waals surface area contributed by atoms with Gasteiger partial charge in [0.15, 0.2) is 0 Å². The number of hydrogen-bond donors (Lipinski definition) is 0. The Hall–Kier alpha value is -0.620. The van der Waals surface area contributed by atoms with Gasteiger partial charge in [-0.3, -0.25) is 0 Å². The zero-order chi connectivity index (χ0) is 17.0. The smallest absolute Gasteiger partial charge is 0.243 e. The maximum Gasteiger partial charge on any atom is 0.243 e. The molecule has 0 spiro atoms. The van der Waals surface area contributed by atoms with E-state index in [0.29, 0.717) is 30.1 Å². The Bertz CT molecular complexity index is 611. The first-order valence-corrected chi connectivity index (χ1v) is 10.1. The maximum atomic E-state index is 12.7. The molecule has 0 bridgehead atoms. The summed E-state index contributed by atoms with van der Waals surface area (Å²) in [5.74, 6) is 0.695. The van der Waals surface area contributed by atoms with E-state index in [-0.39, 0.29) is 4.90 Å². The first kappa shape index (κ1) is 18.7. The van der Waals surface area contributed by atoms with Crippen LogP contribution in [0.15, 0.2) is 29.2 Å². The molecule has 0 unspecified atom stereocenters. The minimum atomic E-state index is -3.43. The second kappa shape index (κ2) is 7.97. The summed E-state index contributed by atoms with van der Waals surface area (Å²) in [6.45, 7) is 6.68. The molecule has 1 fully saturated rings. The normalized spacial score (nSPS) is 18.0. The monoisotopic (exact) mass is 358 g/mol. The van der Waals surface area contributed by atoms with Crippen molar-refractivity contribution < 1.29 is 8.42 Å². The standard InChI is InChI=1S/C17H27ClN2O2S/c1-14(2)7-10-19(3)16-8-11-20(12-9-16)23(21,22)17-6-4-5-15(18)13-17/h4-6,13-14,16H,7-12H2,1-3H3. The van der Waals surface area contributed by atoms with Crippen LogP contribution in [0, 0.1) is 5.92 Å². The van der Waals surface area contributed by atoms with Gasteiger partial charge in [-0.15, -0.1) is 0 Å². The molecule has 130 valence electrons. The highest BCUT2D eigenvalue weighted by Gasteiger charge is 2.30. The van der Waals surface area contributed by atoms with Crippen molar-refractivity contribution in [2.24, 2.45) is 5.92 Å². The molecule has 0 aromatic heterocycles. The summed E-state index contributed by atoms with van der Waals surface area (Å²) in [6.07, 6.45) is 2.94. The highest BCUT2D eigenvalue weighted by Crippen LogP contribution is 2.24. The Morgan fingerprint density at radius 2 is 1.96 bits per heavy atom. The Labute approximate surface area is 145 Å². The molecule has 1 aliphatic rings. The molecule has 0 amide bonds. The van der Waals surface area contributed by atoms with E-state index < -0.39 is 10.0 Å². The van der Waals surface area contributed by atoms with Crippen molar-refractivity contribution >= 4 is 21.6 Å². The van der Waals surface area contributed by atoms with E-state index in [0.717, 1.165) is 19.4 Å². The number of rotatable bonds is 6. The lowest BCUT2D eigenvalue weighted by Gasteiger charge is -2.36. The molecule has 0 radical (unpaired) electrons. The van der Waals surface area contributed by atoms with Crippen LogP contribution in [-0.2, 0) is 10.0 Å². The fourth-order valence-electron chi connectivity index (χ4n) is 2.94. The van der Waals surface area contributed by atoms with Crippen LogP contribution in [0.1, 0.15) is 33.1 Å². The molecule has 0 N–H and O–H groups in total. The largest absolute Gasteiger partial charge is 0.303 e. The number of halogens is 1. The van der Waals surface area contributed by atoms with E-state index in [9.17, 15) is 8.42 Å². The Balaban J connectivity index is 1.96. The molecular weight excluding hydrogens is 332 g/mol. The van der Waals surface area contributed by atoms with Crippen molar-refractivity contribution in [2.45, 2.75) is 44.0 Å². The van der Waals surface area contributed by atoms with Crippen LogP contribution in [0.2, 0.25) is 5.02 Å². The van der Waals surface area contributed by atoms with Gasteiger partial charge in [-0.25, -0.2) is 8.42 Å². The first-order chi connectivity index (χ1) is 10.8. The zero-order valence-electron chi connectivity index (χ0n) is 14.2. The van der Waals surface area contributed by atoms with Crippen molar-refractivity contribution in [1.29, 1.82) is 0 Å². The summed E-state index contributed by atoms with van der Waals surface area (Å²) in [5, 5.41) is 0.453. The van der Waals surface area contributed by atoms with Crippen LogP contribution >= 0.6 is 11.6 Å². The molecule has 23 heavy (non-hydrogen) atoms. The highest BCUT2D eigenvalue weighted by molar-refractivity contribution is 7.89. The lowest BCUT2D eigenvalue weighted by atomic mass is 10.0. The van der Waals surface area contributed by atoms with Crippen molar-refractivity contribution in [3.8, 4) is 0 Å². The molecule has 1 aromatic carbocycles. The molecular formula is C17H27ClN2O2S. The lowest BCUT2D eigenvalue weighted by molar-refractivity contribution is 0.162. The van der Waals surface area contributed by atoms with Gasteiger partial charge in [-0.05, 0) is 57.0 Å². The Morgan fingerprint density at radius 3 is 2.52 bits per heavy atom. The molecule has 0 atom stereocenters. The third kappa shape index (κ3) is 4.92. The summed E-state index contributed by atoms with van der Waals surface area (Å²) in [5.41, 5.74) is 0. The number of sulfonamides is 1. The van der Waals surface area contributed by atoms with Gasteiger partial charge in [0.25, 0.3) is 0 Å². The van der Waals surface area contributed by atoms with Crippen molar-refractivity contribution in [3.05, 3.63) is 29.3 Å². The number of piperidine rings is 1. The van der Waals surface area contributed by atoms with Crippen LogP contribution in [0.25, 0.3) is 0 Å². The van der Waals surface area contributed by atoms with E-state index in [1.54, 1.807) is 22.5 Å². The highest BCUT2D eigenvalue weighted by atomic mass is 35.5. The molecule has 1 aliphatic heterocycles. The molecule has 0 saturated carbocycles. The van der Waals surface area contributed by atoms with E-state index in [1.807, 2.05) is 0 Å². The molecule has 2 rings (SSSR count). The predicted octanol–water partition coefficient (Wildman–Crippen LogP) is 3.47. The van der Waals surface area contributed by atoms with Gasteiger partial charge in [0, 0.05) is 24.2 Å². The van der Waals surface area contributed by atoms with E-state index in [1.165, 1.54) is 12.5 Å². The van der Waals surface area contributed by atoms with Gasteiger partial charge < -0.3 is 4.90 Å². The van der Waals surface area contributed by atoms with Crippen LogP contribution in [-0.4, -0.2) is 50.3 Å². The summed E-state index contributed by atoms with van der Waals surface area (Å²) in [6, 6.07) is 6.98. The average molecular weight is 359 g/mol. The van der Waals surface area contributed by atoms with Crippen molar-refractivity contribution in [3.63, 3.8) is 0 Å². The van der Waals surface area contributed by atoms with Crippen LogP contribution in [0.5, 0.6) is 0 Å². The number of hydrogen-bond acceptors (Lipinski definition) is 3. The second-order valence-electron chi connectivity index (χ2n) is 6.76. The SMILES string of the molecule is CC(C)CCN(C)C1CCN(S(=O)(=O)c2cccc(Cl)c2)CC1. The minimum absolute atomic E-state index is 0.289. The Morgan fingerprint density at radius 1 is 1.30 bits per heavy atom. The van der Waals surface area contributed by atoms with Gasteiger partial charge >= 0.3 is 0 Å². The summed E-state index contributed by atoms with van der Waals surface area (Å²) in [4.78, 5) is 2.67. The van der Waals surface area contributed by atoms with Gasteiger partial charge in [-0.2, -0.15) is 4.31 Å². The van der Waals surface area contributed by atoms with Crippen molar-refractivity contribution in [2.75, 3.05) is 26.7 Å². The quantitative estimate of drug-likeness (QED) is 0.781. The van der Waals surface area contributed by atoms with Crippen LogP contribution in [0.4, 0.5) is 0 Å². The topological polar surface area (TPSA) is 40.6 Å². The molecule has 1 heterocycles.